The summed E-state index contributed by atoms with van der Waals surface area (Å²) in [6.45, 7) is 5.97. The van der Waals surface area contributed by atoms with Crippen LogP contribution in [0.3, 0.4) is 0 Å². The molecule has 2 N–H and O–H groups in total. The van der Waals surface area contributed by atoms with E-state index in [0.29, 0.717) is 5.92 Å². The Morgan fingerprint density at radius 1 is 1.57 bits per heavy atom. The van der Waals surface area contributed by atoms with E-state index in [0.717, 1.165) is 30.8 Å². The van der Waals surface area contributed by atoms with Crippen molar-refractivity contribution in [3.8, 4) is 0 Å². The lowest BCUT2D eigenvalue weighted by molar-refractivity contribution is 0.0899. The summed E-state index contributed by atoms with van der Waals surface area (Å²) in [7, 11) is 1.98. The highest BCUT2D eigenvalue weighted by Gasteiger charge is 2.30. The van der Waals surface area contributed by atoms with Gasteiger partial charge in [-0.3, -0.25) is 9.78 Å². The van der Waals surface area contributed by atoms with Gasteiger partial charge in [-0.2, -0.15) is 10.2 Å². The van der Waals surface area contributed by atoms with Gasteiger partial charge in [0.2, 0.25) is 0 Å². The highest BCUT2D eigenvalue weighted by atomic mass is 16.5. The zero-order valence-electron chi connectivity index (χ0n) is 12.8. The molecule has 2 aromatic rings. The molecule has 0 saturated carbocycles. The number of nitrogens with one attached hydrogen (secondary N) is 2. The molecular formula is C15H23N5O. The summed E-state index contributed by atoms with van der Waals surface area (Å²) in [5.74, 6) is 0.481. The van der Waals surface area contributed by atoms with Crippen LogP contribution in [0.15, 0.2) is 18.5 Å². The van der Waals surface area contributed by atoms with Crippen molar-refractivity contribution in [2.45, 2.75) is 32.4 Å². The van der Waals surface area contributed by atoms with Crippen LogP contribution in [0.1, 0.15) is 42.4 Å². The zero-order valence-corrected chi connectivity index (χ0v) is 12.8. The van der Waals surface area contributed by atoms with E-state index in [1.54, 1.807) is 0 Å². The molecule has 0 radical (unpaired) electrons. The summed E-state index contributed by atoms with van der Waals surface area (Å²) in [6.07, 6.45) is 5.01. The first-order valence-corrected chi connectivity index (χ1v) is 7.49. The fourth-order valence-corrected chi connectivity index (χ4v) is 2.86. The molecule has 6 heteroatoms. The van der Waals surface area contributed by atoms with Crippen LogP contribution in [-0.4, -0.2) is 33.1 Å². The standard InChI is InChI=1S/C15H23N5O/c1-10-6-14(19-20(10)3)11(2)16-7-12-4-5-21-15(12)13-8-17-18-9-13/h6,8-9,11-12,15-16H,4-5,7H2,1-3H3,(H,17,18)/t11?,12-,15+/m1/s1. The summed E-state index contributed by atoms with van der Waals surface area (Å²) in [6, 6.07) is 2.38. The molecule has 3 rings (SSSR count). The van der Waals surface area contributed by atoms with E-state index in [4.69, 9.17) is 4.74 Å². The van der Waals surface area contributed by atoms with E-state index in [2.05, 4.69) is 40.5 Å². The van der Waals surface area contributed by atoms with Crippen LogP contribution in [0.25, 0.3) is 0 Å². The van der Waals surface area contributed by atoms with Crippen LogP contribution in [0, 0.1) is 12.8 Å². The Morgan fingerprint density at radius 2 is 2.43 bits per heavy atom. The van der Waals surface area contributed by atoms with Gasteiger partial charge in [0.15, 0.2) is 0 Å². The van der Waals surface area contributed by atoms with Gasteiger partial charge in [-0.1, -0.05) is 0 Å². The molecule has 114 valence electrons. The molecule has 3 heterocycles. The molecule has 1 fully saturated rings. The first kappa shape index (κ1) is 14.3. The van der Waals surface area contributed by atoms with Crippen molar-refractivity contribution >= 4 is 0 Å². The lowest BCUT2D eigenvalue weighted by Crippen LogP contribution is -2.27. The summed E-state index contributed by atoms with van der Waals surface area (Å²) in [5.41, 5.74) is 3.41. The van der Waals surface area contributed by atoms with E-state index in [1.807, 2.05) is 24.1 Å². The minimum atomic E-state index is 0.147. The number of aryl methyl sites for hydroxylation is 2. The average molecular weight is 289 g/mol. The molecule has 1 unspecified atom stereocenters. The van der Waals surface area contributed by atoms with Crippen molar-refractivity contribution in [2.75, 3.05) is 13.2 Å². The predicted octanol–water partition coefficient (Wildman–Crippen LogP) is 1.88. The molecule has 1 aliphatic heterocycles. The fraction of sp³-hybridized carbons (Fsp3) is 0.600. The maximum Gasteiger partial charge on any atom is 0.0896 e. The van der Waals surface area contributed by atoms with Gasteiger partial charge >= 0.3 is 0 Å². The van der Waals surface area contributed by atoms with Gasteiger partial charge in [0.05, 0.1) is 18.0 Å². The SMILES string of the molecule is Cc1cc(C(C)NC[C@H]2CCO[C@@H]2c2cn[nH]c2)nn1C. The minimum absolute atomic E-state index is 0.147. The molecule has 0 aromatic carbocycles. The lowest BCUT2D eigenvalue weighted by Gasteiger charge is -2.20. The van der Waals surface area contributed by atoms with Crippen molar-refractivity contribution in [3.05, 3.63) is 35.4 Å². The third kappa shape index (κ3) is 3.01. The third-order valence-electron chi connectivity index (χ3n) is 4.32. The molecule has 0 aliphatic carbocycles. The van der Waals surface area contributed by atoms with Crippen LogP contribution in [-0.2, 0) is 11.8 Å². The maximum absolute atomic E-state index is 5.85. The lowest BCUT2D eigenvalue weighted by atomic mass is 9.97. The quantitative estimate of drug-likeness (QED) is 0.882. The van der Waals surface area contributed by atoms with Crippen molar-refractivity contribution in [1.82, 2.24) is 25.3 Å². The fourth-order valence-electron chi connectivity index (χ4n) is 2.86. The van der Waals surface area contributed by atoms with Gasteiger partial charge in [0.1, 0.15) is 0 Å². The molecule has 1 saturated heterocycles. The Morgan fingerprint density at radius 3 is 3.10 bits per heavy atom. The number of hydrogen-bond donors (Lipinski definition) is 2. The molecular weight excluding hydrogens is 266 g/mol. The minimum Gasteiger partial charge on any atom is -0.373 e. The highest BCUT2D eigenvalue weighted by molar-refractivity contribution is 5.13. The van der Waals surface area contributed by atoms with Crippen molar-refractivity contribution in [1.29, 1.82) is 0 Å². The summed E-state index contributed by atoms with van der Waals surface area (Å²) in [4.78, 5) is 0. The number of ether oxygens (including phenoxy) is 1. The zero-order chi connectivity index (χ0) is 14.8. The number of aromatic amines is 1. The van der Waals surface area contributed by atoms with Crippen LogP contribution < -0.4 is 5.32 Å². The van der Waals surface area contributed by atoms with Gasteiger partial charge in [0, 0.05) is 49.6 Å². The van der Waals surface area contributed by atoms with Crippen LogP contribution in [0.5, 0.6) is 0 Å². The van der Waals surface area contributed by atoms with Crippen LogP contribution >= 0.6 is 0 Å². The molecule has 0 spiro atoms. The number of rotatable bonds is 5. The molecule has 1 aliphatic rings. The van der Waals surface area contributed by atoms with Crippen LogP contribution in [0.4, 0.5) is 0 Å². The number of aromatic nitrogens is 4. The molecule has 3 atom stereocenters. The summed E-state index contributed by atoms with van der Waals surface area (Å²) >= 11 is 0. The smallest absolute Gasteiger partial charge is 0.0896 e. The molecule has 6 nitrogen and oxygen atoms in total. The molecule has 2 aromatic heterocycles. The molecule has 0 bridgehead atoms. The largest absolute Gasteiger partial charge is 0.373 e. The third-order valence-corrected chi connectivity index (χ3v) is 4.32. The Kier molecular flexibility index (Phi) is 4.07. The van der Waals surface area contributed by atoms with E-state index in [9.17, 15) is 0 Å². The van der Waals surface area contributed by atoms with E-state index in [1.165, 1.54) is 5.69 Å². The second kappa shape index (κ2) is 5.99. The normalized spacial score (nSPS) is 23.6. The van der Waals surface area contributed by atoms with Crippen molar-refractivity contribution in [2.24, 2.45) is 13.0 Å². The maximum atomic E-state index is 5.85. The number of H-pyrrole nitrogens is 1. The molecule has 0 amide bonds. The second-order valence-electron chi connectivity index (χ2n) is 5.84. The van der Waals surface area contributed by atoms with E-state index >= 15 is 0 Å². The van der Waals surface area contributed by atoms with E-state index < -0.39 is 0 Å². The average Bonchev–Trinajstić information content (AvgIpc) is 3.17. The first-order valence-electron chi connectivity index (χ1n) is 7.49. The van der Waals surface area contributed by atoms with Gasteiger partial charge < -0.3 is 10.1 Å². The molecule has 21 heavy (non-hydrogen) atoms. The Hall–Kier alpha value is -1.66. The second-order valence-corrected chi connectivity index (χ2v) is 5.84. The van der Waals surface area contributed by atoms with Crippen LogP contribution in [0.2, 0.25) is 0 Å². The highest BCUT2D eigenvalue weighted by Crippen LogP contribution is 2.33. The van der Waals surface area contributed by atoms with Gasteiger partial charge in [-0.15, -0.1) is 0 Å². The van der Waals surface area contributed by atoms with E-state index in [-0.39, 0.29) is 12.1 Å². The van der Waals surface area contributed by atoms with Gasteiger partial charge in [-0.25, -0.2) is 0 Å². The number of hydrogen-bond acceptors (Lipinski definition) is 4. The van der Waals surface area contributed by atoms with Crippen molar-refractivity contribution < 1.29 is 4.74 Å². The Balaban J connectivity index is 1.59. The summed E-state index contributed by atoms with van der Waals surface area (Å²) < 4.78 is 7.77. The first-order chi connectivity index (χ1) is 10.1. The topological polar surface area (TPSA) is 67.8 Å². The van der Waals surface area contributed by atoms with Gasteiger partial charge in [0.25, 0.3) is 0 Å². The van der Waals surface area contributed by atoms with Crippen molar-refractivity contribution in [3.63, 3.8) is 0 Å². The van der Waals surface area contributed by atoms with Gasteiger partial charge in [-0.05, 0) is 26.3 Å². The monoisotopic (exact) mass is 289 g/mol. The predicted molar refractivity (Wildman–Crippen MR) is 79.8 cm³/mol. The Labute approximate surface area is 124 Å². The number of nitrogens with zero attached hydrogens (tertiary/aromatic N) is 3. The summed E-state index contributed by atoms with van der Waals surface area (Å²) in [5, 5.41) is 15.0. The Bertz CT molecular complexity index is 557.